The molecule has 0 bridgehead atoms. The lowest BCUT2D eigenvalue weighted by Gasteiger charge is -2.26. The van der Waals surface area contributed by atoms with Gasteiger partial charge in [0.2, 0.25) is 0 Å². The Morgan fingerprint density at radius 3 is 2.59 bits per heavy atom. The molecule has 116 valence electrons. The minimum atomic E-state index is -0.0415. The first-order valence-electron chi connectivity index (χ1n) is 7.81. The smallest absolute Gasteiger partial charge is 0.254 e. The van der Waals surface area contributed by atoms with Crippen LogP contribution in [0.5, 0.6) is 0 Å². The first kappa shape index (κ1) is 14.8. The third kappa shape index (κ3) is 3.20. The van der Waals surface area contributed by atoms with Gasteiger partial charge < -0.3 is 11.1 Å². The number of carbonyl (C=O) groups is 1. The number of para-hydroxylation sites is 1. The molecule has 5 heteroatoms. The molecule has 1 aliphatic rings. The zero-order chi connectivity index (χ0) is 15.5. The fourth-order valence-electron chi connectivity index (χ4n) is 2.92. The maximum atomic E-state index is 12.5. The number of aryl methyl sites for hydroxylation is 1. The number of rotatable bonds is 3. The molecule has 3 rings (SSSR count). The van der Waals surface area contributed by atoms with Gasteiger partial charge in [0.15, 0.2) is 0 Å². The summed E-state index contributed by atoms with van der Waals surface area (Å²) in [5, 5.41) is 7.56. The lowest BCUT2D eigenvalue weighted by Crippen LogP contribution is -2.40. The molecule has 5 nitrogen and oxygen atoms in total. The van der Waals surface area contributed by atoms with Crippen molar-refractivity contribution < 1.29 is 4.79 Å². The molecular formula is C17H22N4O. The fourth-order valence-corrected chi connectivity index (χ4v) is 2.92. The van der Waals surface area contributed by atoms with Gasteiger partial charge in [-0.15, -0.1) is 0 Å². The SMILES string of the molecule is Cc1nn(-c2ccccc2)cc1C(=O)NC1CCC(N)CC1. The van der Waals surface area contributed by atoms with Gasteiger partial charge in [-0.25, -0.2) is 4.68 Å². The van der Waals surface area contributed by atoms with E-state index >= 15 is 0 Å². The first-order valence-corrected chi connectivity index (χ1v) is 7.81. The largest absolute Gasteiger partial charge is 0.349 e. The summed E-state index contributed by atoms with van der Waals surface area (Å²) < 4.78 is 1.75. The number of aromatic nitrogens is 2. The summed E-state index contributed by atoms with van der Waals surface area (Å²) in [6.45, 7) is 1.87. The van der Waals surface area contributed by atoms with Crippen LogP contribution in [0.2, 0.25) is 0 Å². The number of carbonyl (C=O) groups excluding carboxylic acids is 1. The molecule has 0 aliphatic heterocycles. The number of hydrogen-bond donors (Lipinski definition) is 2. The summed E-state index contributed by atoms with van der Waals surface area (Å²) in [5.41, 5.74) is 8.24. The Labute approximate surface area is 130 Å². The van der Waals surface area contributed by atoms with Crippen LogP contribution in [0.1, 0.15) is 41.7 Å². The molecule has 1 aromatic heterocycles. The topological polar surface area (TPSA) is 72.9 Å². The van der Waals surface area contributed by atoms with Crippen LogP contribution < -0.4 is 11.1 Å². The van der Waals surface area contributed by atoms with Crippen LogP contribution in [0.3, 0.4) is 0 Å². The number of nitrogens with zero attached hydrogens (tertiary/aromatic N) is 2. The average Bonchev–Trinajstić information content (AvgIpc) is 2.92. The predicted octanol–water partition coefficient (Wildman–Crippen LogP) is 2.18. The molecule has 0 radical (unpaired) electrons. The Bertz CT molecular complexity index is 642. The molecule has 0 saturated heterocycles. The molecule has 1 fully saturated rings. The zero-order valence-electron chi connectivity index (χ0n) is 12.8. The van der Waals surface area contributed by atoms with Crippen LogP contribution in [0.15, 0.2) is 36.5 Å². The molecule has 0 spiro atoms. The summed E-state index contributed by atoms with van der Waals surface area (Å²) in [6.07, 6.45) is 5.67. The second-order valence-corrected chi connectivity index (χ2v) is 5.99. The molecule has 0 unspecified atom stereocenters. The van der Waals surface area contributed by atoms with Gasteiger partial charge in [-0.1, -0.05) is 18.2 Å². The van der Waals surface area contributed by atoms with E-state index in [0.717, 1.165) is 37.1 Å². The second-order valence-electron chi connectivity index (χ2n) is 5.99. The van der Waals surface area contributed by atoms with E-state index in [2.05, 4.69) is 10.4 Å². The van der Waals surface area contributed by atoms with Crippen molar-refractivity contribution in [3.8, 4) is 5.69 Å². The highest BCUT2D eigenvalue weighted by Crippen LogP contribution is 2.18. The van der Waals surface area contributed by atoms with E-state index < -0.39 is 0 Å². The van der Waals surface area contributed by atoms with Crippen molar-refractivity contribution in [2.45, 2.75) is 44.7 Å². The van der Waals surface area contributed by atoms with Crippen LogP contribution >= 0.6 is 0 Å². The molecule has 2 aromatic rings. The van der Waals surface area contributed by atoms with E-state index in [1.165, 1.54) is 0 Å². The van der Waals surface area contributed by atoms with Gasteiger partial charge in [-0.05, 0) is 44.7 Å². The Hall–Kier alpha value is -2.14. The predicted molar refractivity (Wildman–Crippen MR) is 86.0 cm³/mol. The molecule has 0 atom stereocenters. The van der Waals surface area contributed by atoms with Gasteiger partial charge in [0.05, 0.1) is 16.9 Å². The number of nitrogens with two attached hydrogens (primary N) is 1. The Morgan fingerprint density at radius 2 is 1.91 bits per heavy atom. The minimum absolute atomic E-state index is 0.0415. The van der Waals surface area contributed by atoms with Crippen molar-refractivity contribution in [1.82, 2.24) is 15.1 Å². The summed E-state index contributed by atoms with van der Waals surface area (Å²) in [4.78, 5) is 12.5. The highest BCUT2D eigenvalue weighted by Gasteiger charge is 2.22. The highest BCUT2D eigenvalue weighted by atomic mass is 16.1. The quantitative estimate of drug-likeness (QED) is 0.912. The number of amides is 1. The number of nitrogens with one attached hydrogen (secondary N) is 1. The lowest BCUT2D eigenvalue weighted by atomic mass is 9.91. The minimum Gasteiger partial charge on any atom is -0.349 e. The maximum Gasteiger partial charge on any atom is 0.254 e. The number of benzene rings is 1. The van der Waals surface area contributed by atoms with E-state index in [1.807, 2.05) is 37.3 Å². The van der Waals surface area contributed by atoms with E-state index in [-0.39, 0.29) is 18.0 Å². The molecule has 22 heavy (non-hydrogen) atoms. The Kier molecular flexibility index (Phi) is 4.24. The summed E-state index contributed by atoms with van der Waals surface area (Å²) in [7, 11) is 0. The van der Waals surface area contributed by atoms with Crippen molar-refractivity contribution in [3.63, 3.8) is 0 Å². The van der Waals surface area contributed by atoms with Crippen molar-refractivity contribution in [1.29, 1.82) is 0 Å². The lowest BCUT2D eigenvalue weighted by molar-refractivity contribution is 0.0925. The van der Waals surface area contributed by atoms with E-state index in [1.54, 1.807) is 10.9 Å². The first-order chi connectivity index (χ1) is 10.6. The average molecular weight is 298 g/mol. The van der Waals surface area contributed by atoms with Crippen LogP contribution in [0.4, 0.5) is 0 Å². The Morgan fingerprint density at radius 1 is 1.23 bits per heavy atom. The summed E-state index contributed by atoms with van der Waals surface area (Å²) in [6, 6.07) is 10.3. The van der Waals surface area contributed by atoms with Gasteiger partial charge >= 0.3 is 0 Å². The van der Waals surface area contributed by atoms with Crippen LogP contribution in [0.25, 0.3) is 5.69 Å². The van der Waals surface area contributed by atoms with Crippen LogP contribution in [-0.2, 0) is 0 Å². The second kappa shape index (κ2) is 6.32. The monoisotopic (exact) mass is 298 g/mol. The number of hydrogen-bond acceptors (Lipinski definition) is 3. The van der Waals surface area contributed by atoms with E-state index in [4.69, 9.17) is 5.73 Å². The molecule has 1 aromatic carbocycles. The van der Waals surface area contributed by atoms with Crippen molar-refractivity contribution in [2.24, 2.45) is 5.73 Å². The van der Waals surface area contributed by atoms with Crippen molar-refractivity contribution in [2.75, 3.05) is 0 Å². The fraction of sp³-hybridized carbons (Fsp3) is 0.412. The van der Waals surface area contributed by atoms with Gasteiger partial charge in [0.1, 0.15) is 0 Å². The molecule has 1 saturated carbocycles. The summed E-state index contributed by atoms with van der Waals surface area (Å²) in [5.74, 6) is -0.0415. The Balaban J connectivity index is 1.72. The molecule has 1 heterocycles. The normalized spacial score (nSPS) is 21.5. The third-order valence-electron chi connectivity index (χ3n) is 4.27. The molecular weight excluding hydrogens is 276 g/mol. The molecule has 1 amide bonds. The van der Waals surface area contributed by atoms with Crippen molar-refractivity contribution >= 4 is 5.91 Å². The van der Waals surface area contributed by atoms with Crippen LogP contribution in [-0.4, -0.2) is 27.8 Å². The standard InChI is InChI=1S/C17H22N4O/c1-12-16(11-21(20-12)15-5-3-2-4-6-15)17(22)19-14-9-7-13(18)8-10-14/h2-6,11,13-14H,7-10,18H2,1H3,(H,19,22). The molecule has 3 N–H and O–H groups in total. The van der Waals surface area contributed by atoms with Crippen LogP contribution in [0, 0.1) is 6.92 Å². The maximum absolute atomic E-state index is 12.5. The molecule has 1 aliphatic carbocycles. The summed E-state index contributed by atoms with van der Waals surface area (Å²) >= 11 is 0. The van der Waals surface area contributed by atoms with Crippen molar-refractivity contribution in [3.05, 3.63) is 47.8 Å². The van der Waals surface area contributed by atoms with E-state index in [0.29, 0.717) is 5.56 Å². The van der Waals surface area contributed by atoms with Gasteiger partial charge in [-0.2, -0.15) is 5.10 Å². The van der Waals surface area contributed by atoms with Gasteiger partial charge in [0.25, 0.3) is 5.91 Å². The van der Waals surface area contributed by atoms with E-state index in [9.17, 15) is 4.79 Å². The van der Waals surface area contributed by atoms with Gasteiger partial charge in [-0.3, -0.25) is 4.79 Å². The highest BCUT2D eigenvalue weighted by molar-refractivity contribution is 5.95. The third-order valence-corrected chi connectivity index (χ3v) is 4.27. The zero-order valence-corrected chi connectivity index (χ0v) is 12.8. The van der Waals surface area contributed by atoms with Gasteiger partial charge in [0, 0.05) is 18.3 Å².